The van der Waals surface area contributed by atoms with E-state index in [2.05, 4.69) is 5.32 Å². The van der Waals surface area contributed by atoms with Crippen LogP contribution in [0.2, 0.25) is 0 Å². The molecule has 0 aromatic rings. The van der Waals surface area contributed by atoms with Gasteiger partial charge >= 0.3 is 0 Å². The molecular weight excluding hydrogens is 252 g/mol. The van der Waals surface area contributed by atoms with Gasteiger partial charge in [-0.25, -0.2) is 0 Å². The summed E-state index contributed by atoms with van der Waals surface area (Å²) in [6.07, 6.45) is 6.58. The average Bonchev–Trinajstić information content (AvgIpc) is 2.36. The van der Waals surface area contributed by atoms with Crippen molar-refractivity contribution in [3.05, 3.63) is 0 Å². The number of hydrogen-bond donors (Lipinski definition) is 2. The van der Waals surface area contributed by atoms with E-state index in [0.717, 1.165) is 44.8 Å². The zero-order valence-electron chi connectivity index (χ0n) is 13.0. The normalized spacial score (nSPS) is 29.1. The van der Waals surface area contributed by atoms with Gasteiger partial charge < -0.3 is 15.3 Å². The van der Waals surface area contributed by atoms with E-state index in [1.54, 1.807) is 6.92 Å². The molecule has 3 unspecified atom stereocenters. The van der Waals surface area contributed by atoms with Crippen molar-refractivity contribution in [1.29, 1.82) is 0 Å². The van der Waals surface area contributed by atoms with Gasteiger partial charge in [-0.3, -0.25) is 4.79 Å². The van der Waals surface area contributed by atoms with Crippen LogP contribution in [-0.2, 0) is 4.79 Å². The van der Waals surface area contributed by atoms with Crippen molar-refractivity contribution < 1.29 is 9.90 Å². The number of nitrogens with zero attached hydrogens (tertiary/aromatic N) is 1. The lowest BCUT2D eigenvalue weighted by molar-refractivity contribution is -0.131. The fourth-order valence-corrected chi connectivity index (χ4v) is 3.36. The number of carbonyl (C=O) groups is 1. The first-order valence-corrected chi connectivity index (χ1v) is 8.25. The number of carbonyl (C=O) groups excluding carboxylic acids is 1. The molecular formula is C16H30N2O2. The smallest absolute Gasteiger partial charge is 0.219 e. The number of aliphatic hydroxyl groups excluding tert-OH is 1. The van der Waals surface area contributed by atoms with Gasteiger partial charge in [-0.05, 0) is 50.5 Å². The van der Waals surface area contributed by atoms with Crippen LogP contribution in [-0.4, -0.2) is 47.7 Å². The molecule has 1 amide bonds. The zero-order valence-corrected chi connectivity index (χ0v) is 13.0. The minimum Gasteiger partial charge on any atom is -0.393 e. The van der Waals surface area contributed by atoms with Crippen molar-refractivity contribution in [3.8, 4) is 0 Å². The lowest BCUT2D eigenvalue weighted by Gasteiger charge is -2.39. The molecule has 0 bridgehead atoms. The molecule has 2 aliphatic rings. The summed E-state index contributed by atoms with van der Waals surface area (Å²) in [5.41, 5.74) is 0. The Hall–Kier alpha value is -0.610. The lowest BCUT2D eigenvalue weighted by Crippen LogP contribution is -2.52. The van der Waals surface area contributed by atoms with Crippen molar-refractivity contribution in [2.75, 3.05) is 19.6 Å². The van der Waals surface area contributed by atoms with E-state index in [1.165, 1.54) is 19.3 Å². The monoisotopic (exact) mass is 282 g/mol. The molecule has 1 saturated carbocycles. The first-order valence-electron chi connectivity index (χ1n) is 8.25. The molecule has 2 rings (SSSR count). The van der Waals surface area contributed by atoms with Crippen LogP contribution >= 0.6 is 0 Å². The molecule has 2 N–H and O–H groups in total. The van der Waals surface area contributed by atoms with Crippen molar-refractivity contribution in [2.24, 2.45) is 11.8 Å². The van der Waals surface area contributed by atoms with E-state index in [4.69, 9.17) is 0 Å². The SMILES string of the molecule is CCC(O)CC1CC(NCC2CCC2)CN(C(C)=O)C1. The van der Waals surface area contributed by atoms with E-state index in [0.29, 0.717) is 12.0 Å². The predicted octanol–water partition coefficient (Wildman–Crippen LogP) is 1.77. The number of rotatable bonds is 6. The molecule has 0 spiro atoms. The number of aliphatic hydroxyl groups is 1. The molecule has 1 aliphatic heterocycles. The molecule has 4 heteroatoms. The van der Waals surface area contributed by atoms with Crippen LogP contribution in [0.4, 0.5) is 0 Å². The Kier molecular flexibility index (Phi) is 5.85. The Balaban J connectivity index is 1.84. The predicted molar refractivity (Wildman–Crippen MR) is 80.4 cm³/mol. The number of piperidine rings is 1. The Bertz CT molecular complexity index is 318. The van der Waals surface area contributed by atoms with Crippen molar-refractivity contribution >= 4 is 5.91 Å². The highest BCUT2D eigenvalue weighted by Crippen LogP contribution is 2.27. The summed E-state index contributed by atoms with van der Waals surface area (Å²) < 4.78 is 0. The van der Waals surface area contributed by atoms with Crippen LogP contribution < -0.4 is 5.32 Å². The van der Waals surface area contributed by atoms with Gasteiger partial charge in [-0.15, -0.1) is 0 Å². The van der Waals surface area contributed by atoms with E-state index in [-0.39, 0.29) is 12.0 Å². The Morgan fingerprint density at radius 3 is 2.65 bits per heavy atom. The molecule has 116 valence electrons. The second kappa shape index (κ2) is 7.41. The molecule has 0 radical (unpaired) electrons. The molecule has 2 fully saturated rings. The zero-order chi connectivity index (χ0) is 14.5. The van der Waals surface area contributed by atoms with Crippen LogP contribution in [0.1, 0.15) is 52.4 Å². The van der Waals surface area contributed by atoms with E-state index in [9.17, 15) is 9.90 Å². The summed E-state index contributed by atoms with van der Waals surface area (Å²) in [7, 11) is 0. The number of nitrogens with one attached hydrogen (secondary N) is 1. The van der Waals surface area contributed by atoms with Crippen LogP contribution in [0.5, 0.6) is 0 Å². The van der Waals surface area contributed by atoms with Gasteiger partial charge in [0.05, 0.1) is 6.10 Å². The van der Waals surface area contributed by atoms with Gasteiger partial charge in [-0.1, -0.05) is 13.3 Å². The second-order valence-corrected chi connectivity index (χ2v) is 6.73. The molecule has 1 aliphatic carbocycles. The third-order valence-corrected chi connectivity index (χ3v) is 4.98. The summed E-state index contributed by atoms with van der Waals surface area (Å²) in [6, 6.07) is 0.405. The fourth-order valence-electron chi connectivity index (χ4n) is 3.36. The van der Waals surface area contributed by atoms with Crippen LogP contribution in [0.3, 0.4) is 0 Å². The summed E-state index contributed by atoms with van der Waals surface area (Å²) in [6.45, 7) is 6.42. The Morgan fingerprint density at radius 1 is 1.35 bits per heavy atom. The first-order chi connectivity index (χ1) is 9.58. The number of hydrogen-bond acceptors (Lipinski definition) is 3. The van der Waals surface area contributed by atoms with Crippen LogP contribution in [0.15, 0.2) is 0 Å². The topological polar surface area (TPSA) is 52.6 Å². The van der Waals surface area contributed by atoms with E-state index in [1.807, 2.05) is 11.8 Å². The second-order valence-electron chi connectivity index (χ2n) is 6.73. The van der Waals surface area contributed by atoms with Crippen molar-refractivity contribution in [1.82, 2.24) is 10.2 Å². The van der Waals surface area contributed by atoms with Crippen molar-refractivity contribution in [3.63, 3.8) is 0 Å². The third-order valence-electron chi connectivity index (χ3n) is 4.98. The quantitative estimate of drug-likeness (QED) is 0.781. The highest BCUT2D eigenvalue weighted by molar-refractivity contribution is 5.73. The molecule has 20 heavy (non-hydrogen) atoms. The highest BCUT2D eigenvalue weighted by atomic mass is 16.3. The fraction of sp³-hybridized carbons (Fsp3) is 0.938. The van der Waals surface area contributed by atoms with Gasteiger partial charge in [-0.2, -0.15) is 0 Å². The van der Waals surface area contributed by atoms with Gasteiger partial charge in [0.25, 0.3) is 0 Å². The summed E-state index contributed by atoms with van der Waals surface area (Å²) in [5, 5.41) is 13.5. The van der Waals surface area contributed by atoms with E-state index >= 15 is 0 Å². The van der Waals surface area contributed by atoms with Gasteiger partial charge in [0, 0.05) is 26.1 Å². The average molecular weight is 282 g/mol. The summed E-state index contributed by atoms with van der Waals surface area (Å²) >= 11 is 0. The largest absolute Gasteiger partial charge is 0.393 e. The highest BCUT2D eigenvalue weighted by Gasteiger charge is 2.30. The maximum absolute atomic E-state index is 11.7. The summed E-state index contributed by atoms with van der Waals surface area (Å²) in [5.74, 6) is 1.44. The van der Waals surface area contributed by atoms with Crippen LogP contribution in [0, 0.1) is 11.8 Å². The van der Waals surface area contributed by atoms with Gasteiger partial charge in [0.2, 0.25) is 5.91 Å². The summed E-state index contributed by atoms with van der Waals surface area (Å²) in [4.78, 5) is 13.6. The standard InChI is InChI=1S/C16H30N2O2/c1-3-16(20)8-14-7-15(11-18(10-14)12(2)19)17-9-13-5-4-6-13/h13-17,20H,3-11H2,1-2H3. The molecule has 1 heterocycles. The molecule has 0 aromatic carbocycles. The minimum absolute atomic E-state index is 0.163. The minimum atomic E-state index is -0.223. The van der Waals surface area contributed by atoms with Gasteiger partial charge in [0.15, 0.2) is 0 Å². The number of amides is 1. The maximum Gasteiger partial charge on any atom is 0.219 e. The van der Waals surface area contributed by atoms with Crippen molar-refractivity contribution in [2.45, 2.75) is 64.5 Å². The molecule has 4 nitrogen and oxygen atoms in total. The van der Waals surface area contributed by atoms with Gasteiger partial charge in [0.1, 0.15) is 0 Å². The molecule has 3 atom stereocenters. The molecule has 1 saturated heterocycles. The number of likely N-dealkylation sites (tertiary alicyclic amines) is 1. The molecule has 0 aromatic heterocycles. The van der Waals surface area contributed by atoms with Crippen LogP contribution in [0.25, 0.3) is 0 Å². The maximum atomic E-state index is 11.7. The lowest BCUT2D eigenvalue weighted by atomic mass is 9.84. The van der Waals surface area contributed by atoms with E-state index < -0.39 is 0 Å². The first kappa shape index (κ1) is 15.8. The third kappa shape index (κ3) is 4.45. The Morgan fingerprint density at radius 2 is 2.10 bits per heavy atom. The Labute approximate surface area is 122 Å².